The van der Waals surface area contributed by atoms with E-state index in [4.69, 9.17) is 0 Å². The van der Waals surface area contributed by atoms with E-state index in [1.807, 2.05) is 0 Å². The smallest absolute Gasteiger partial charge is 0.234 e. The number of rotatable bonds is 1. The van der Waals surface area contributed by atoms with E-state index in [1.165, 1.54) is 12.4 Å². The number of hydrogen-bond acceptors (Lipinski definition) is 3. The normalized spacial score (nSPS) is 27.6. The summed E-state index contributed by atoms with van der Waals surface area (Å²) in [6, 6.07) is 0. The highest BCUT2D eigenvalue weighted by atomic mass is 19.1. The van der Waals surface area contributed by atoms with Crippen LogP contribution in [0.4, 0.5) is 4.39 Å². The minimum absolute atomic E-state index is 0.0347. The van der Waals surface area contributed by atoms with Crippen LogP contribution in [0.1, 0.15) is 37.3 Å². The maximum absolute atomic E-state index is 13.2. The second-order valence-corrected chi connectivity index (χ2v) is 3.75. The number of aliphatic hydroxyl groups is 1. The van der Waals surface area contributed by atoms with Crippen molar-refractivity contribution in [2.75, 3.05) is 0 Å². The Labute approximate surface area is 82.0 Å². The third kappa shape index (κ3) is 1.90. The molecule has 1 heterocycles. The van der Waals surface area contributed by atoms with Crippen molar-refractivity contribution in [2.24, 2.45) is 0 Å². The van der Waals surface area contributed by atoms with Crippen molar-refractivity contribution < 1.29 is 9.50 Å². The van der Waals surface area contributed by atoms with E-state index >= 15 is 0 Å². The fourth-order valence-corrected chi connectivity index (χ4v) is 2.02. The molecule has 2 atom stereocenters. The van der Waals surface area contributed by atoms with Crippen LogP contribution in [-0.2, 0) is 0 Å². The van der Waals surface area contributed by atoms with Crippen molar-refractivity contribution in [1.29, 1.82) is 0 Å². The van der Waals surface area contributed by atoms with Crippen LogP contribution in [0, 0.1) is 5.95 Å². The number of aromatic nitrogens is 2. The molecule has 4 heteroatoms. The molecule has 0 aromatic carbocycles. The summed E-state index contributed by atoms with van der Waals surface area (Å²) < 4.78 is 13.2. The van der Waals surface area contributed by atoms with Crippen LogP contribution in [0.3, 0.4) is 0 Å². The lowest BCUT2D eigenvalue weighted by atomic mass is 9.85. The van der Waals surface area contributed by atoms with Gasteiger partial charge in [0.2, 0.25) is 5.95 Å². The fourth-order valence-electron chi connectivity index (χ4n) is 2.02. The third-order valence-corrected chi connectivity index (χ3v) is 2.71. The van der Waals surface area contributed by atoms with Gasteiger partial charge in [0.05, 0.1) is 11.8 Å². The van der Waals surface area contributed by atoms with Crippen LogP contribution in [0.2, 0.25) is 0 Å². The second-order valence-electron chi connectivity index (χ2n) is 3.75. The molecule has 0 unspecified atom stereocenters. The largest absolute Gasteiger partial charge is 0.393 e. The van der Waals surface area contributed by atoms with Gasteiger partial charge in [0.25, 0.3) is 0 Å². The van der Waals surface area contributed by atoms with Gasteiger partial charge in [0, 0.05) is 18.3 Å². The molecule has 0 aliphatic heterocycles. The average molecular weight is 196 g/mol. The minimum Gasteiger partial charge on any atom is -0.393 e. The zero-order valence-electron chi connectivity index (χ0n) is 7.86. The predicted octanol–water partition coefficient (Wildman–Crippen LogP) is 1.63. The van der Waals surface area contributed by atoms with Gasteiger partial charge in [0.15, 0.2) is 0 Å². The van der Waals surface area contributed by atoms with E-state index in [0.717, 1.165) is 19.3 Å². The summed E-state index contributed by atoms with van der Waals surface area (Å²) in [6.45, 7) is 0. The first-order valence-corrected chi connectivity index (χ1v) is 4.92. The quantitative estimate of drug-likeness (QED) is 0.742. The molecule has 1 aliphatic rings. The number of hydrogen-bond donors (Lipinski definition) is 1. The summed E-state index contributed by atoms with van der Waals surface area (Å²) >= 11 is 0. The van der Waals surface area contributed by atoms with Crippen molar-refractivity contribution >= 4 is 0 Å². The van der Waals surface area contributed by atoms with Crippen LogP contribution in [0.25, 0.3) is 0 Å². The molecule has 1 aromatic heterocycles. The summed E-state index contributed by atoms with van der Waals surface area (Å²) in [5.74, 6) is -0.459. The van der Waals surface area contributed by atoms with Crippen LogP contribution in [-0.4, -0.2) is 21.2 Å². The molecule has 0 radical (unpaired) electrons. The Kier molecular flexibility index (Phi) is 2.72. The zero-order valence-corrected chi connectivity index (χ0v) is 7.86. The van der Waals surface area contributed by atoms with Crippen molar-refractivity contribution in [3.63, 3.8) is 0 Å². The van der Waals surface area contributed by atoms with E-state index in [0.29, 0.717) is 12.1 Å². The van der Waals surface area contributed by atoms with Crippen LogP contribution in [0.5, 0.6) is 0 Å². The molecule has 0 saturated heterocycles. The van der Waals surface area contributed by atoms with Gasteiger partial charge in [0.1, 0.15) is 0 Å². The molecule has 1 saturated carbocycles. The van der Waals surface area contributed by atoms with Crippen molar-refractivity contribution in [3.05, 3.63) is 24.0 Å². The van der Waals surface area contributed by atoms with E-state index in [9.17, 15) is 9.50 Å². The lowest BCUT2D eigenvalue weighted by Crippen LogP contribution is -2.20. The molecule has 0 spiro atoms. The third-order valence-electron chi connectivity index (χ3n) is 2.71. The summed E-state index contributed by atoms with van der Waals surface area (Å²) in [4.78, 5) is 7.56. The maximum Gasteiger partial charge on any atom is 0.234 e. The van der Waals surface area contributed by atoms with Crippen LogP contribution < -0.4 is 0 Å². The van der Waals surface area contributed by atoms with Crippen molar-refractivity contribution in [1.82, 2.24) is 9.97 Å². The topological polar surface area (TPSA) is 46.0 Å². The second kappa shape index (κ2) is 4.00. The molecule has 76 valence electrons. The van der Waals surface area contributed by atoms with Gasteiger partial charge in [-0.05, 0) is 19.3 Å². The summed E-state index contributed by atoms with van der Waals surface area (Å²) in [5.41, 5.74) is 0.409. The van der Waals surface area contributed by atoms with E-state index in [2.05, 4.69) is 9.97 Å². The van der Waals surface area contributed by atoms with Gasteiger partial charge in [-0.15, -0.1) is 0 Å². The lowest BCUT2D eigenvalue weighted by Gasteiger charge is -2.25. The predicted molar refractivity (Wildman–Crippen MR) is 49.2 cm³/mol. The minimum atomic E-state index is -0.494. The Hall–Kier alpha value is -1.03. The Balaban J connectivity index is 2.18. The van der Waals surface area contributed by atoms with Gasteiger partial charge < -0.3 is 5.11 Å². The molecule has 3 nitrogen and oxygen atoms in total. The highest BCUT2D eigenvalue weighted by Gasteiger charge is 2.25. The molecule has 0 amide bonds. The van der Waals surface area contributed by atoms with Gasteiger partial charge in [-0.2, -0.15) is 4.39 Å². The zero-order chi connectivity index (χ0) is 9.97. The fraction of sp³-hybridized carbons (Fsp3) is 0.600. The first-order chi connectivity index (χ1) is 6.77. The molecule has 1 aliphatic carbocycles. The molecule has 1 N–H and O–H groups in total. The molecular formula is C10H13FN2O. The molecule has 0 bridgehead atoms. The SMILES string of the molecule is O[C@H]1CCC[C@H](c2nccnc2F)C1. The summed E-state index contributed by atoms with van der Waals surface area (Å²) in [5, 5.41) is 9.46. The highest BCUT2D eigenvalue weighted by molar-refractivity contribution is 5.07. The first kappa shape index (κ1) is 9.52. The number of aliphatic hydroxyl groups excluding tert-OH is 1. The Morgan fingerprint density at radius 3 is 2.79 bits per heavy atom. The van der Waals surface area contributed by atoms with Crippen molar-refractivity contribution in [3.8, 4) is 0 Å². The standard InChI is InChI=1S/C10H13FN2O/c11-10-9(12-4-5-13-10)7-2-1-3-8(14)6-7/h4-5,7-8,14H,1-3,6H2/t7-,8-/m0/s1. The maximum atomic E-state index is 13.2. The van der Waals surface area contributed by atoms with Gasteiger partial charge in [-0.1, -0.05) is 6.42 Å². The average Bonchev–Trinajstić information content (AvgIpc) is 2.18. The van der Waals surface area contributed by atoms with Gasteiger partial charge in [-0.3, -0.25) is 4.98 Å². The number of halogens is 1. The summed E-state index contributed by atoms with van der Waals surface area (Å²) in [7, 11) is 0. The van der Waals surface area contributed by atoms with Crippen LogP contribution in [0.15, 0.2) is 12.4 Å². The Morgan fingerprint density at radius 1 is 1.29 bits per heavy atom. The van der Waals surface area contributed by atoms with E-state index < -0.39 is 5.95 Å². The number of nitrogens with zero attached hydrogens (tertiary/aromatic N) is 2. The first-order valence-electron chi connectivity index (χ1n) is 4.92. The summed E-state index contributed by atoms with van der Waals surface area (Å²) in [6.07, 6.45) is 5.79. The van der Waals surface area contributed by atoms with Gasteiger partial charge >= 0.3 is 0 Å². The van der Waals surface area contributed by atoms with E-state index in [1.54, 1.807) is 0 Å². The monoisotopic (exact) mass is 196 g/mol. The van der Waals surface area contributed by atoms with Crippen molar-refractivity contribution in [2.45, 2.75) is 37.7 Å². The Bertz CT molecular complexity index is 319. The molecular weight excluding hydrogens is 183 g/mol. The molecule has 1 fully saturated rings. The molecule has 2 rings (SSSR count). The van der Waals surface area contributed by atoms with Gasteiger partial charge in [-0.25, -0.2) is 4.98 Å². The Morgan fingerprint density at radius 2 is 2.07 bits per heavy atom. The molecule has 14 heavy (non-hydrogen) atoms. The van der Waals surface area contributed by atoms with E-state index in [-0.39, 0.29) is 12.0 Å². The highest BCUT2D eigenvalue weighted by Crippen LogP contribution is 2.32. The molecule has 1 aromatic rings. The van der Waals surface area contributed by atoms with Crippen LogP contribution >= 0.6 is 0 Å². The lowest BCUT2D eigenvalue weighted by molar-refractivity contribution is 0.117.